The first kappa shape index (κ1) is 20.5. The molecule has 0 aromatic rings. The maximum Gasteiger partial charge on any atom is 0.372 e. The molecule has 20 heavy (non-hydrogen) atoms. The number of rotatable bonds is 8. The molecule has 0 spiro atoms. The van der Waals surface area contributed by atoms with Gasteiger partial charge in [-0.25, -0.2) is 9.59 Å². The Bertz CT molecular complexity index is 322. The minimum Gasteiger partial charge on any atom is -0.485 e. The Hall–Kier alpha value is -1.82. The van der Waals surface area contributed by atoms with Gasteiger partial charge in [-0.2, -0.15) is 0 Å². The molecule has 116 valence electrons. The van der Waals surface area contributed by atoms with Crippen molar-refractivity contribution in [3.8, 4) is 0 Å². The van der Waals surface area contributed by atoms with Crippen LogP contribution in [0.25, 0.3) is 0 Å². The normalized spacial score (nSPS) is 8.80. The minimum absolute atomic E-state index is 0.0292. The molecule has 0 aromatic carbocycles. The van der Waals surface area contributed by atoms with E-state index in [1.165, 1.54) is 7.11 Å². The van der Waals surface area contributed by atoms with E-state index in [4.69, 9.17) is 9.47 Å². The second-order valence-corrected chi connectivity index (χ2v) is 3.46. The molecule has 6 heteroatoms. The molecule has 0 unspecified atom stereocenters. The van der Waals surface area contributed by atoms with Crippen LogP contribution in [0.3, 0.4) is 0 Å². The van der Waals surface area contributed by atoms with Crippen LogP contribution in [0.4, 0.5) is 0 Å². The lowest BCUT2D eigenvalue weighted by atomic mass is 10.4. The Morgan fingerprint density at radius 1 is 0.950 bits per heavy atom. The molecule has 0 fully saturated rings. The highest BCUT2D eigenvalue weighted by Gasteiger charge is 2.07. The van der Waals surface area contributed by atoms with E-state index in [1.807, 2.05) is 6.92 Å². The number of carbonyl (C=O) groups excluding carboxylic acids is 2. The molecular formula is C14H24O6. The second-order valence-electron chi connectivity index (χ2n) is 3.46. The first-order chi connectivity index (χ1) is 9.40. The summed E-state index contributed by atoms with van der Waals surface area (Å²) in [6, 6.07) is 0. The van der Waals surface area contributed by atoms with Gasteiger partial charge in [-0.3, -0.25) is 0 Å². The summed E-state index contributed by atoms with van der Waals surface area (Å²) >= 11 is 0. The maximum atomic E-state index is 10.9. The van der Waals surface area contributed by atoms with Crippen LogP contribution in [0, 0.1) is 0 Å². The molecule has 0 N–H and O–H groups in total. The van der Waals surface area contributed by atoms with E-state index in [9.17, 15) is 9.59 Å². The lowest BCUT2D eigenvalue weighted by Gasteiger charge is -2.07. The molecule has 0 amide bonds. The average Bonchev–Trinajstić information content (AvgIpc) is 2.43. The molecule has 0 radical (unpaired) electrons. The zero-order chi connectivity index (χ0) is 16.0. The van der Waals surface area contributed by atoms with Crippen LogP contribution < -0.4 is 0 Å². The topological polar surface area (TPSA) is 71.1 Å². The van der Waals surface area contributed by atoms with Crippen LogP contribution >= 0.6 is 0 Å². The number of hydrogen-bond donors (Lipinski definition) is 0. The lowest BCUT2D eigenvalue weighted by Crippen LogP contribution is -2.12. The third kappa shape index (κ3) is 12.6. The number of methoxy groups -OCH3 is 1. The zero-order valence-corrected chi connectivity index (χ0v) is 12.7. The maximum absolute atomic E-state index is 10.9. The number of hydrogen-bond acceptors (Lipinski definition) is 6. The Morgan fingerprint density at radius 2 is 1.55 bits per heavy atom. The van der Waals surface area contributed by atoms with Gasteiger partial charge in [0.05, 0.1) is 20.3 Å². The summed E-state index contributed by atoms with van der Waals surface area (Å²) in [6.45, 7) is 13.7. The van der Waals surface area contributed by atoms with E-state index >= 15 is 0 Å². The van der Waals surface area contributed by atoms with Gasteiger partial charge in [-0.15, -0.1) is 0 Å². The summed E-state index contributed by atoms with van der Waals surface area (Å²) < 4.78 is 18.9. The quantitative estimate of drug-likeness (QED) is 0.294. The van der Waals surface area contributed by atoms with Crippen molar-refractivity contribution in [2.24, 2.45) is 0 Å². The summed E-state index contributed by atoms with van der Waals surface area (Å²) in [5.74, 6) is -0.833. The van der Waals surface area contributed by atoms with Gasteiger partial charge < -0.3 is 18.9 Å². The molecule has 0 atom stereocenters. The van der Waals surface area contributed by atoms with Gasteiger partial charge in [0.15, 0.2) is 5.76 Å². The van der Waals surface area contributed by atoms with Crippen molar-refractivity contribution in [1.29, 1.82) is 0 Å². The van der Waals surface area contributed by atoms with E-state index in [2.05, 4.69) is 22.6 Å². The fraction of sp³-hybridized carbons (Fsp3) is 0.571. The fourth-order valence-corrected chi connectivity index (χ4v) is 0.813. The van der Waals surface area contributed by atoms with Gasteiger partial charge in [0, 0.05) is 12.2 Å². The molecular weight excluding hydrogens is 264 g/mol. The van der Waals surface area contributed by atoms with Crippen LogP contribution in [0.1, 0.15) is 20.8 Å². The van der Waals surface area contributed by atoms with Gasteiger partial charge in [0.1, 0.15) is 6.61 Å². The van der Waals surface area contributed by atoms with Crippen molar-refractivity contribution in [1.82, 2.24) is 0 Å². The molecule has 6 nitrogen and oxygen atoms in total. The summed E-state index contributed by atoms with van der Waals surface area (Å²) in [5, 5.41) is 0. The van der Waals surface area contributed by atoms with E-state index in [0.29, 0.717) is 32.0 Å². The van der Waals surface area contributed by atoms with Crippen molar-refractivity contribution in [2.45, 2.75) is 20.8 Å². The van der Waals surface area contributed by atoms with Crippen LogP contribution in [-0.2, 0) is 28.5 Å². The molecule has 0 saturated carbocycles. The fourth-order valence-electron chi connectivity index (χ4n) is 0.813. The van der Waals surface area contributed by atoms with Gasteiger partial charge in [-0.1, -0.05) is 6.58 Å². The molecule has 0 aliphatic heterocycles. The third-order valence-corrected chi connectivity index (χ3v) is 1.75. The van der Waals surface area contributed by atoms with Crippen molar-refractivity contribution < 1.29 is 28.5 Å². The predicted octanol–water partition coefficient (Wildman–Crippen LogP) is 1.85. The molecule has 0 aliphatic carbocycles. The molecule has 0 rings (SSSR count). The standard InChI is InChI=1S/C9H16O4.C5H8O2/c1-4-11-6-7-13-8(3)9(10)12-5-2;1-4(2)5(6)7-3/h3-7H2,1-2H3;1H2,2-3H3. The van der Waals surface area contributed by atoms with Crippen molar-refractivity contribution >= 4 is 11.9 Å². The summed E-state index contributed by atoms with van der Waals surface area (Å²) in [6.07, 6.45) is 0. The van der Waals surface area contributed by atoms with Crippen molar-refractivity contribution in [3.05, 3.63) is 24.5 Å². The first-order valence-corrected chi connectivity index (χ1v) is 6.20. The Balaban J connectivity index is 0. The third-order valence-electron chi connectivity index (χ3n) is 1.75. The Kier molecular flexibility index (Phi) is 13.9. The Labute approximate surface area is 120 Å². The minimum atomic E-state index is -0.515. The number of esters is 2. The van der Waals surface area contributed by atoms with Crippen LogP contribution in [-0.4, -0.2) is 45.5 Å². The summed E-state index contributed by atoms with van der Waals surface area (Å²) in [5.41, 5.74) is 0.433. The second kappa shape index (κ2) is 13.6. The van der Waals surface area contributed by atoms with Crippen LogP contribution in [0.5, 0.6) is 0 Å². The van der Waals surface area contributed by atoms with Gasteiger partial charge in [-0.05, 0) is 27.4 Å². The molecule has 0 heterocycles. The Morgan fingerprint density at radius 3 is 1.90 bits per heavy atom. The van der Waals surface area contributed by atoms with E-state index in [-0.39, 0.29) is 11.7 Å². The van der Waals surface area contributed by atoms with Crippen LogP contribution in [0.2, 0.25) is 0 Å². The summed E-state index contributed by atoms with van der Waals surface area (Å²) in [4.78, 5) is 21.1. The molecule has 0 bridgehead atoms. The molecule has 0 aromatic heterocycles. The highest BCUT2D eigenvalue weighted by atomic mass is 16.6. The van der Waals surface area contributed by atoms with E-state index < -0.39 is 5.97 Å². The first-order valence-electron chi connectivity index (χ1n) is 6.20. The van der Waals surface area contributed by atoms with Crippen molar-refractivity contribution in [3.63, 3.8) is 0 Å². The number of ether oxygens (including phenoxy) is 4. The smallest absolute Gasteiger partial charge is 0.372 e. The zero-order valence-electron chi connectivity index (χ0n) is 12.7. The van der Waals surface area contributed by atoms with E-state index in [1.54, 1.807) is 13.8 Å². The largest absolute Gasteiger partial charge is 0.485 e. The SMILES string of the molecule is C=C(C)C(=O)OC.C=C(OCCOCC)C(=O)OCC. The lowest BCUT2D eigenvalue weighted by molar-refractivity contribution is -0.142. The number of carbonyl (C=O) groups is 2. The van der Waals surface area contributed by atoms with Crippen molar-refractivity contribution in [2.75, 3.05) is 33.5 Å². The van der Waals surface area contributed by atoms with Gasteiger partial charge in [0.2, 0.25) is 0 Å². The molecule has 0 aliphatic rings. The highest BCUT2D eigenvalue weighted by Crippen LogP contribution is 1.96. The van der Waals surface area contributed by atoms with E-state index in [0.717, 1.165) is 0 Å². The van der Waals surface area contributed by atoms with Gasteiger partial charge in [0.25, 0.3) is 0 Å². The summed E-state index contributed by atoms with van der Waals surface area (Å²) in [7, 11) is 1.33. The average molecular weight is 288 g/mol. The van der Waals surface area contributed by atoms with Gasteiger partial charge >= 0.3 is 11.9 Å². The predicted molar refractivity (Wildman–Crippen MR) is 75.0 cm³/mol. The van der Waals surface area contributed by atoms with Crippen LogP contribution in [0.15, 0.2) is 24.5 Å². The monoisotopic (exact) mass is 288 g/mol. The highest BCUT2D eigenvalue weighted by molar-refractivity contribution is 5.86. The molecule has 0 saturated heterocycles.